The predicted octanol–water partition coefficient (Wildman–Crippen LogP) is 2.90. The van der Waals surface area contributed by atoms with Gasteiger partial charge in [0.2, 0.25) is 0 Å². The third kappa shape index (κ3) is 2.63. The van der Waals surface area contributed by atoms with E-state index in [9.17, 15) is 18.3 Å². The van der Waals surface area contributed by atoms with E-state index in [2.05, 4.69) is 4.98 Å². The highest BCUT2D eigenvalue weighted by atomic mass is 19.4. The Hall–Kier alpha value is -1.60. The van der Waals surface area contributed by atoms with E-state index in [1.54, 1.807) is 4.57 Å². The zero-order valence-electron chi connectivity index (χ0n) is 11.2. The number of aliphatic hydroxyl groups is 1. The van der Waals surface area contributed by atoms with Gasteiger partial charge >= 0.3 is 6.18 Å². The Kier molecular flexibility index (Phi) is 3.62. The van der Waals surface area contributed by atoms with E-state index < -0.39 is 11.7 Å². The van der Waals surface area contributed by atoms with Crippen LogP contribution in [0.15, 0.2) is 18.2 Å². The molecule has 0 saturated carbocycles. The van der Waals surface area contributed by atoms with E-state index in [1.165, 1.54) is 6.07 Å². The lowest BCUT2D eigenvalue weighted by atomic mass is 10.2. The normalized spacial score (nSPS) is 19.5. The van der Waals surface area contributed by atoms with E-state index in [-0.39, 0.29) is 24.8 Å². The Labute approximate surface area is 119 Å². The third-order valence-corrected chi connectivity index (χ3v) is 3.65. The van der Waals surface area contributed by atoms with Gasteiger partial charge in [0.15, 0.2) is 0 Å². The Balaban J connectivity index is 2.11. The second-order valence-corrected chi connectivity index (χ2v) is 5.05. The van der Waals surface area contributed by atoms with Crippen LogP contribution < -0.4 is 0 Å². The van der Waals surface area contributed by atoms with Crippen molar-refractivity contribution in [3.63, 3.8) is 0 Å². The third-order valence-electron chi connectivity index (χ3n) is 3.65. The Bertz CT molecular complexity index is 645. The smallest absolute Gasteiger partial charge is 0.395 e. The average Bonchev–Trinajstić information content (AvgIpc) is 3.05. The number of rotatable bonds is 3. The molecule has 1 aliphatic heterocycles. The highest BCUT2D eigenvalue weighted by Crippen LogP contribution is 2.34. The van der Waals surface area contributed by atoms with E-state index in [0.29, 0.717) is 17.9 Å². The number of aliphatic hydroxyl groups excluding tert-OH is 1. The van der Waals surface area contributed by atoms with Crippen molar-refractivity contribution in [2.24, 2.45) is 0 Å². The van der Waals surface area contributed by atoms with Crippen molar-refractivity contribution in [2.45, 2.75) is 31.7 Å². The van der Waals surface area contributed by atoms with Crippen molar-refractivity contribution in [2.75, 3.05) is 13.2 Å². The number of benzene rings is 1. The molecule has 0 spiro atoms. The summed E-state index contributed by atoms with van der Waals surface area (Å²) in [6, 6.07) is 3.48. The highest BCUT2D eigenvalue weighted by Gasteiger charge is 2.32. The van der Waals surface area contributed by atoms with Crippen LogP contribution in [0.25, 0.3) is 11.0 Å². The SMILES string of the molecule is OCCn1c(C2CCCO2)nc2cc(C(F)(F)F)ccc21. The minimum atomic E-state index is -4.39. The minimum absolute atomic E-state index is 0.105. The highest BCUT2D eigenvalue weighted by molar-refractivity contribution is 5.77. The first-order chi connectivity index (χ1) is 10.0. The van der Waals surface area contributed by atoms with Crippen LogP contribution >= 0.6 is 0 Å². The number of aromatic nitrogens is 2. The average molecular weight is 300 g/mol. The summed E-state index contributed by atoms with van der Waals surface area (Å²) in [6.45, 7) is 0.810. The zero-order chi connectivity index (χ0) is 15.0. The molecule has 7 heteroatoms. The van der Waals surface area contributed by atoms with Gasteiger partial charge in [-0.3, -0.25) is 0 Å². The second-order valence-electron chi connectivity index (χ2n) is 5.05. The summed E-state index contributed by atoms with van der Waals surface area (Å²) in [7, 11) is 0. The van der Waals surface area contributed by atoms with Gasteiger partial charge in [0, 0.05) is 13.2 Å². The molecule has 2 aromatic rings. The molecule has 4 nitrogen and oxygen atoms in total. The maximum atomic E-state index is 12.8. The summed E-state index contributed by atoms with van der Waals surface area (Å²) < 4.78 is 45.6. The molecular weight excluding hydrogens is 285 g/mol. The molecule has 1 aliphatic rings. The van der Waals surface area contributed by atoms with Crippen molar-refractivity contribution in [3.8, 4) is 0 Å². The number of ether oxygens (including phenoxy) is 1. The van der Waals surface area contributed by atoms with Gasteiger partial charge in [-0.25, -0.2) is 4.98 Å². The summed E-state index contributed by atoms with van der Waals surface area (Å²) >= 11 is 0. The Morgan fingerprint density at radius 2 is 2.19 bits per heavy atom. The molecule has 1 aromatic heterocycles. The monoisotopic (exact) mass is 300 g/mol. The number of halogens is 3. The first-order valence-corrected chi connectivity index (χ1v) is 6.80. The van der Waals surface area contributed by atoms with Crippen molar-refractivity contribution >= 4 is 11.0 Å². The fraction of sp³-hybridized carbons (Fsp3) is 0.500. The summed E-state index contributed by atoms with van der Waals surface area (Å²) in [5.41, 5.74) is 0.147. The van der Waals surface area contributed by atoms with Gasteiger partial charge in [0.05, 0.1) is 23.2 Å². The number of hydrogen-bond donors (Lipinski definition) is 1. The molecule has 114 valence electrons. The van der Waals surface area contributed by atoms with Crippen LogP contribution in [-0.2, 0) is 17.5 Å². The Morgan fingerprint density at radius 1 is 1.38 bits per heavy atom. The van der Waals surface area contributed by atoms with Crippen LogP contribution in [0.1, 0.15) is 30.3 Å². The number of imidazole rings is 1. The van der Waals surface area contributed by atoms with Gasteiger partial charge < -0.3 is 14.4 Å². The van der Waals surface area contributed by atoms with Gasteiger partial charge in [0.25, 0.3) is 0 Å². The minimum Gasteiger partial charge on any atom is -0.395 e. The van der Waals surface area contributed by atoms with Crippen LogP contribution in [0.3, 0.4) is 0 Å². The number of nitrogens with zero attached hydrogens (tertiary/aromatic N) is 2. The van der Waals surface area contributed by atoms with Gasteiger partial charge in [-0.15, -0.1) is 0 Å². The van der Waals surface area contributed by atoms with Crippen molar-refractivity contribution < 1.29 is 23.0 Å². The predicted molar refractivity (Wildman–Crippen MR) is 69.7 cm³/mol. The molecule has 0 amide bonds. The topological polar surface area (TPSA) is 47.3 Å². The molecule has 3 rings (SSSR count). The van der Waals surface area contributed by atoms with Crippen molar-refractivity contribution in [1.82, 2.24) is 9.55 Å². The van der Waals surface area contributed by atoms with Crippen LogP contribution in [0.2, 0.25) is 0 Å². The zero-order valence-corrected chi connectivity index (χ0v) is 11.2. The largest absolute Gasteiger partial charge is 0.416 e. The lowest BCUT2D eigenvalue weighted by molar-refractivity contribution is -0.137. The van der Waals surface area contributed by atoms with E-state index in [1.807, 2.05) is 0 Å². The van der Waals surface area contributed by atoms with Crippen LogP contribution in [0.4, 0.5) is 13.2 Å². The summed E-state index contributed by atoms with van der Waals surface area (Å²) in [4.78, 5) is 4.31. The number of hydrogen-bond acceptors (Lipinski definition) is 3. The molecule has 0 aliphatic carbocycles. The lowest BCUT2D eigenvalue weighted by Crippen LogP contribution is -2.10. The maximum Gasteiger partial charge on any atom is 0.416 e. The maximum absolute atomic E-state index is 12.8. The molecule has 0 radical (unpaired) electrons. The molecule has 0 bridgehead atoms. The standard InChI is InChI=1S/C14H15F3N2O2/c15-14(16,17)9-3-4-11-10(8-9)18-13(19(11)5-6-20)12-2-1-7-21-12/h3-4,8,12,20H,1-2,5-7H2. The summed E-state index contributed by atoms with van der Waals surface area (Å²) in [5.74, 6) is 0.593. The fourth-order valence-electron chi connectivity index (χ4n) is 2.69. The Morgan fingerprint density at radius 3 is 2.81 bits per heavy atom. The van der Waals surface area contributed by atoms with E-state index >= 15 is 0 Å². The molecule has 1 atom stereocenters. The quantitative estimate of drug-likeness (QED) is 0.948. The van der Waals surface area contributed by atoms with Crippen LogP contribution in [0, 0.1) is 0 Å². The molecule has 21 heavy (non-hydrogen) atoms. The molecule has 1 fully saturated rings. The molecule has 1 aromatic carbocycles. The van der Waals surface area contributed by atoms with Gasteiger partial charge in [-0.05, 0) is 31.0 Å². The van der Waals surface area contributed by atoms with Gasteiger partial charge in [0.1, 0.15) is 11.9 Å². The second kappa shape index (κ2) is 5.31. The van der Waals surface area contributed by atoms with Crippen molar-refractivity contribution in [1.29, 1.82) is 0 Å². The summed E-state index contributed by atoms with van der Waals surface area (Å²) in [6.07, 6.45) is -2.90. The van der Waals surface area contributed by atoms with E-state index in [4.69, 9.17) is 4.74 Å². The molecule has 2 heterocycles. The first-order valence-electron chi connectivity index (χ1n) is 6.80. The molecule has 1 N–H and O–H groups in total. The van der Waals surface area contributed by atoms with E-state index in [0.717, 1.165) is 25.0 Å². The molecule has 1 saturated heterocycles. The van der Waals surface area contributed by atoms with Crippen molar-refractivity contribution in [3.05, 3.63) is 29.6 Å². The van der Waals surface area contributed by atoms with Crippen LogP contribution in [-0.4, -0.2) is 27.9 Å². The fourth-order valence-corrected chi connectivity index (χ4v) is 2.69. The van der Waals surface area contributed by atoms with Gasteiger partial charge in [-0.2, -0.15) is 13.2 Å². The van der Waals surface area contributed by atoms with Gasteiger partial charge in [-0.1, -0.05) is 0 Å². The summed E-state index contributed by atoms with van der Waals surface area (Å²) in [5, 5.41) is 9.18. The molecule has 1 unspecified atom stereocenters. The lowest BCUT2D eigenvalue weighted by Gasteiger charge is -2.12. The number of alkyl halides is 3. The molecular formula is C14H15F3N2O2. The van der Waals surface area contributed by atoms with Crippen LogP contribution in [0.5, 0.6) is 0 Å². The number of fused-ring (bicyclic) bond motifs is 1. The first kappa shape index (κ1) is 14.3.